The number of methoxy groups -OCH3 is 1. The molecule has 0 saturated carbocycles. The number of anilines is 2. The summed E-state index contributed by atoms with van der Waals surface area (Å²) in [6.45, 7) is 1.94. The number of rotatable bonds is 4. The van der Waals surface area contributed by atoms with Crippen LogP contribution in [0.2, 0.25) is 0 Å². The van der Waals surface area contributed by atoms with Gasteiger partial charge in [-0.3, -0.25) is 0 Å². The number of esters is 1. The number of hydrogen-bond donors (Lipinski definition) is 2. The highest BCUT2D eigenvalue weighted by Gasteiger charge is 2.18. The second-order valence-corrected chi connectivity index (χ2v) is 6.23. The zero-order valence-electron chi connectivity index (χ0n) is 12.1. The van der Waals surface area contributed by atoms with E-state index in [9.17, 15) is 9.59 Å². The fraction of sp³-hybridized carbons (Fsp3) is 0.200. The Kier molecular flexibility index (Phi) is 5.57. The van der Waals surface area contributed by atoms with E-state index in [0.29, 0.717) is 21.6 Å². The van der Waals surface area contributed by atoms with Crippen molar-refractivity contribution in [1.29, 1.82) is 0 Å². The molecule has 0 spiro atoms. The lowest BCUT2D eigenvalue weighted by molar-refractivity contribution is 0.0607. The number of thiophene rings is 1. The number of ether oxygens (including phenoxy) is 1. The van der Waals surface area contributed by atoms with Gasteiger partial charge in [-0.25, -0.2) is 9.59 Å². The molecule has 116 valence electrons. The normalized spacial score (nSPS) is 10.1. The third kappa shape index (κ3) is 4.08. The molecule has 22 heavy (non-hydrogen) atoms. The highest BCUT2D eigenvalue weighted by Crippen LogP contribution is 2.29. The maximum Gasteiger partial charge on any atom is 0.350 e. The Morgan fingerprint density at radius 1 is 1.27 bits per heavy atom. The van der Waals surface area contributed by atoms with Crippen molar-refractivity contribution in [2.45, 2.75) is 12.3 Å². The molecule has 0 saturated heterocycles. The van der Waals surface area contributed by atoms with Gasteiger partial charge in [-0.05, 0) is 30.7 Å². The Bertz CT molecular complexity index is 700. The topological polar surface area (TPSA) is 67.4 Å². The van der Waals surface area contributed by atoms with E-state index >= 15 is 0 Å². The number of nitrogens with one attached hydrogen (secondary N) is 2. The second kappa shape index (κ2) is 7.42. The predicted molar refractivity (Wildman–Crippen MR) is 92.1 cm³/mol. The maximum absolute atomic E-state index is 12.1. The van der Waals surface area contributed by atoms with Gasteiger partial charge in [0.15, 0.2) is 0 Å². The van der Waals surface area contributed by atoms with Gasteiger partial charge in [0.1, 0.15) is 4.88 Å². The second-order valence-electron chi connectivity index (χ2n) is 4.53. The van der Waals surface area contributed by atoms with Crippen molar-refractivity contribution in [3.63, 3.8) is 0 Å². The number of carbonyl (C=O) groups excluding carboxylic acids is 2. The Balaban J connectivity index is 2.14. The standard InChI is InChI=1S/C15H15BrN2O3S/c1-9-4-3-5-10(6-9)17-15(20)18-12-7-11(8-16)22-13(12)14(19)21-2/h3-7H,8H2,1-2H3,(H2,17,18,20). The van der Waals surface area contributed by atoms with Crippen LogP contribution in [0.4, 0.5) is 16.2 Å². The van der Waals surface area contributed by atoms with Crippen molar-refractivity contribution in [3.8, 4) is 0 Å². The SMILES string of the molecule is COC(=O)c1sc(CBr)cc1NC(=O)Nc1cccc(C)c1. The van der Waals surface area contributed by atoms with E-state index in [0.717, 1.165) is 10.4 Å². The van der Waals surface area contributed by atoms with Gasteiger partial charge in [0.05, 0.1) is 12.8 Å². The molecule has 2 amide bonds. The minimum Gasteiger partial charge on any atom is -0.465 e. The van der Waals surface area contributed by atoms with Gasteiger partial charge in [-0.2, -0.15) is 0 Å². The Labute approximate surface area is 140 Å². The summed E-state index contributed by atoms with van der Waals surface area (Å²) in [4.78, 5) is 25.1. The van der Waals surface area contributed by atoms with Crippen LogP contribution in [0, 0.1) is 6.92 Å². The summed E-state index contributed by atoms with van der Waals surface area (Å²) < 4.78 is 4.73. The molecular formula is C15H15BrN2O3S. The molecular weight excluding hydrogens is 368 g/mol. The molecule has 0 aliphatic carbocycles. The molecule has 0 fully saturated rings. The van der Waals surface area contributed by atoms with E-state index in [-0.39, 0.29) is 0 Å². The van der Waals surface area contributed by atoms with Crippen molar-refractivity contribution in [1.82, 2.24) is 0 Å². The van der Waals surface area contributed by atoms with E-state index in [1.165, 1.54) is 18.4 Å². The maximum atomic E-state index is 12.1. The Morgan fingerprint density at radius 3 is 2.68 bits per heavy atom. The molecule has 2 rings (SSSR count). The van der Waals surface area contributed by atoms with Crippen molar-refractivity contribution < 1.29 is 14.3 Å². The average molecular weight is 383 g/mol. The predicted octanol–water partition coefficient (Wildman–Crippen LogP) is 4.38. The summed E-state index contributed by atoms with van der Waals surface area (Å²) in [6.07, 6.45) is 0. The zero-order valence-corrected chi connectivity index (χ0v) is 14.5. The first kappa shape index (κ1) is 16.5. The number of urea groups is 1. The molecule has 1 aromatic carbocycles. The fourth-order valence-electron chi connectivity index (χ4n) is 1.85. The average Bonchev–Trinajstić information content (AvgIpc) is 2.89. The quantitative estimate of drug-likeness (QED) is 0.608. The number of aryl methyl sites for hydroxylation is 1. The summed E-state index contributed by atoms with van der Waals surface area (Å²) in [5.74, 6) is -0.469. The van der Waals surface area contributed by atoms with E-state index in [2.05, 4.69) is 26.6 Å². The van der Waals surface area contributed by atoms with Crippen LogP contribution in [0.15, 0.2) is 30.3 Å². The van der Waals surface area contributed by atoms with Gasteiger partial charge in [-0.15, -0.1) is 11.3 Å². The van der Waals surface area contributed by atoms with Gasteiger partial charge < -0.3 is 15.4 Å². The van der Waals surface area contributed by atoms with E-state index in [1.807, 2.05) is 25.1 Å². The van der Waals surface area contributed by atoms with Crippen molar-refractivity contribution in [3.05, 3.63) is 45.6 Å². The van der Waals surface area contributed by atoms with E-state index in [1.54, 1.807) is 12.1 Å². The number of alkyl halides is 1. The van der Waals surface area contributed by atoms with Crippen LogP contribution in [0.1, 0.15) is 20.1 Å². The lowest BCUT2D eigenvalue weighted by Gasteiger charge is -2.08. The molecule has 0 unspecified atom stereocenters. The monoisotopic (exact) mass is 382 g/mol. The van der Waals surface area contributed by atoms with Crippen LogP contribution < -0.4 is 10.6 Å². The summed E-state index contributed by atoms with van der Waals surface area (Å²) in [5, 5.41) is 6.02. The van der Waals surface area contributed by atoms with Crippen LogP contribution >= 0.6 is 27.3 Å². The highest BCUT2D eigenvalue weighted by atomic mass is 79.9. The lowest BCUT2D eigenvalue weighted by atomic mass is 10.2. The first-order valence-corrected chi connectivity index (χ1v) is 8.39. The Morgan fingerprint density at radius 2 is 2.05 bits per heavy atom. The third-order valence-electron chi connectivity index (χ3n) is 2.81. The van der Waals surface area contributed by atoms with Crippen LogP contribution in [-0.4, -0.2) is 19.1 Å². The molecule has 0 radical (unpaired) electrons. The first-order valence-electron chi connectivity index (χ1n) is 6.45. The first-order chi connectivity index (χ1) is 10.5. The van der Waals surface area contributed by atoms with Crippen LogP contribution in [0.25, 0.3) is 0 Å². The van der Waals surface area contributed by atoms with Crippen molar-refractivity contribution in [2.75, 3.05) is 17.7 Å². The molecule has 1 aromatic heterocycles. The number of hydrogen-bond acceptors (Lipinski definition) is 4. The number of carbonyl (C=O) groups is 2. The summed E-state index contributed by atoms with van der Waals surface area (Å²) in [6, 6.07) is 8.80. The molecule has 1 heterocycles. The number of halogens is 1. The molecule has 5 nitrogen and oxygen atoms in total. The van der Waals surface area contributed by atoms with Gasteiger partial charge in [-0.1, -0.05) is 28.1 Å². The van der Waals surface area contributed by atoms with Gasteiger partial charge in [0.2, 0.25) is 0 Å². The van der Waals surface area contributed by atoms with Crippen LogP contribution in [0.5, 0.6) is 0 Å². The molecule has 0 bridgehead atoms. The number of benzene rings is 1. The molecule has 0 aliphatic rings. The van der Waals surface area contributed by atoms with E-state index in [4.69, 9.17) is 4.74 Å². The minimum atomic E-state index is -0.469. The highest BCUT2D eigenvalue weighted by molar-refractivity contribution is 9.08. The minimum absolute atomic E-state index is 0.372. The zero-order chi connectivity index (χ0) is 16.1. The molecule has 2 aromatic rings. The largest absolute Gasteiger partial charge is 0.465 e. The van der Waals surface area contributed by atoms with Gasteiger partial charge >= 0.3 is 12.0 Å². The van der Waals surface area contributed by atoms with Crippen molar-refractivity contribution in [2.24, 2.45) is 0 Å². The molecule has 2 N–H and O–H groups in total. The fourth-order valence-corrected chi connectivity index (χ4v) is 3.24. The summed E-state index contributed by atoms with van der Waals surface area (Å²) in [7, 11) is 1.31. The van der Waals surface area contributed by atoms with Crippen molar-refractivity contribution >= 4 is 50.6 Å². The molecule has 0 atom stereocenters. The van der Waals surface area contributed by atoms with Crippen LogP contribution in [0.3, 0.4) is 0 Å². The Hall–Kier alpha value is -1.86. The van der Waals surface area contributed by atoms with Gasteiger partial charge in [0, 0.05) is 15.9 Å². The van der Waals surface area contributed by atoms with E-state index < -0.39 is 12.0 Å². The smallest absolute Gasteiger partial charge is 0.350 e. The van der Waals surface area contributed by atoms with Crippen LogP contribution in [-0.2, 0) is 10.1 Å². The molecule has 0 aliphatic heterocycles. The van der Waals surface area contributed by atoms with Gasteiger partial charge in [0.25, 0.3) is 0 Å². The lowest BCUT2D eigenvalue weighted by Crippen LogP contribution is -2.20. The molecule has 7 heteroatoms. The summed E-state index contributed by atoms with van der Waals surface area (Å²) in [5.41, 5.74) is 2.18. The number of amides is 2. The summed E-state index contributed by atoms with van der Waals surface area (Å²) >= 11 is 4.61. The third-order valence-corrected chi connectivity index (χ3v) is 4.90.